The molecule has 0 saturated carbocycles. The Morgan fingerprint density at radius 2 is 1.56 bits per heavy atom. The zero-order valence-electron chi connectivity index (χ0n) is 38.0. The molecule has 0 bridgehead atoms. The number of carbonyl (C=O) groups is 5. The molecule has 6 aliphatic rings. The van der Waals surface area contributed by atoms with Gasteiger partial charge < -0.3 is 35.4 Å². The largest absolute Gasteiger partial charge is 0.474 e. The molecular formula is C50H52N12O6. The summed E-state index contributed by atoms with van der Waals surface area (Å²) in [6.07, 6.45) is 4.85. The molecule has 5 aromatic rings. The maximum absolute atomic E-state index is 13.4. The highest BCUT2D eigenvalue weighted by molar-refractivity contribution is 6.23. The number of imide groups is 2. The Bertz CT molecular complexity index is 2840. The van der Waals surface area contributed by atoms with E-state index in [1.165, 1.54) is 0 Å². The summed E-state index contributed by atoms with van der Waals surface area (Å²) in [6.45, 7) is 12.0. The minimum atomic E-state index is -0.981. The summed E-state index contributed by atoms with van der Waals surface area (Å²) >= 11 is 0. The molecule has 6 aliphatic heterocycles. The average Bonchev–Trinajstić information content (AvgIpc) is 3.59. The van der Waals surface area contributed by atoms with Crippen LogP contribution in [-0.4, -0.2) is 125 Å². The van der Waals surface area contributed by atoms with Gasteiger partial charge in [-0.2, -0.15) is 0 Å². The maximum atomic E-state index is 13.4. The SMILES string of the molecule is Cc1c(N2CCc3cnc(Nc4ccc([C@H](C)C(=O)Nc5ccc(N6CCN(C7CN(c8ccc9c(c8)C(=O)N(C8CCC(=O)NC8=O)C9=O)C7)CC6)cc5)cc4)nc3C2)cnc2c1NCCO2. The van der Waals surface area contributed by atoms with Crippen molar-refractivity contribution in [2.75, 3.05) is 89.6 Å². The number of piperidine rings is 1. The molecule has 3 aromatic carbocycles. The Labute approximate surface area is 393 Å². The van der Waals surface area contributed by atoms with E-state index >= 15 is 0 Å². The maximum Gasteiger partial charge on any atom is 0.262 e. The fraction of sp³-hybridized carbons (Fsp3) is 0.360. The van der Waals surface area contributed by atoms with Gasteiger partial charge in [0.2, 0.25) is 29.5 Å². The highest BCUT2D eigenvalue weighted by atomic mass is 16.5. The lowest BCUT2D eigenvalue weighted by molar-refractivity contribution is -0.136. The number of pyridine rings is 1. The van der Waals surface area contributed by atoms with Gasteiger partial charge in [0.15, 0.2) is 0 Å². The summed E-state index contributed by atoms with van der Waals surface area (Å²) in [5.74, 6) is -1.29. The van der Waals surface area contributed by atoms with Gasteiger partial charge in [-0.15, -0.1) is 0 Å². The Morgan fingerprint density at radius 1 is 0.809 bits per heavy atom. The number of nitrogens with one attached hydrogen (secondary N) is 4. The van der Waals surface area contributed by atoms with Crippen LogP contribution >= 0.6 is 0 Å². The van der Waals surface area contributed by atoms with Crippen LogP contribution in [0.5, 0.6) is 5.88 Å². The number of nitrogens with zero attached hydrogens (tertiary/aromatic N) is 8. The molecule has 3 fully saturated rings. The van der Waals surface area contributed by atoms with Crippen LogP contribution in [0.3, 0.4) is 0 Å². The molecule has 5 amide bonds. The Kier molecular flexibility index (Phi) is 11.1. The first-order valence-corrected chi connectivity index (χ1v) is 23.4. The number of rotatable bonds is 10. The second-order valence-corrected chi connectivity index (χ2v) is 18.3. The monoisotopic (exact) mass is 916 g/mol. The molecule has 2 aromatic heterocycles. The van der Waals surface area contributed by atoms with Crippen LogP contribution in [0.25, 0.3) is 0 Å². The number of fused-ring (bicyclic) bond motifs is 3. The molecule has 4 N–H and O–H groups in total. The summed E-state index contributed by atoms with van der Waals surface area (Å²) in [7, 11) is 0. The van der Waals surface area contributed by atoms with Crippen LogP contribution in [0, 0.1) is 6.92 Å². The van der Waals surface area contributed by atoms with Crippen molar-refractivity contribution in [3.8, 4) is 5.88 Å². The lowest BCUT2D eigenvalue weighted by Crippen LogP contribution is -2.63. The Balaban J connectivity index is 0.636. The average molecular weight is 917 g/mol. The van der Waals surface area contributed by atoms with Crippen molar-refractivity contribution in [1.29, 1.82) is 0 Å². The third-order valence-electron chi connectivity index (χ3n) is 14.2. The number of amides is 5. The molecule has 0 radical (unpaired) electrons. The summed E-state index contributed by atoms with van der Waals surface area (Å²) in [6, 6.07) is 20.5. The van der Waals surface area contributed by atoms with E-state index in [1.807, 2.05) is 61.8 Å². The van der Waals surface area contributed by atoms with Crippen LogP contribution in [0.15, 0.2) is 79.1 Å². The van der Waals surface area contributed by atoms with Crippen molar-refractivity contribution in [2.24, 2.45) is 0 Å². The second-order valence-electron chi connectivity index (χ2n) is 18.3. The van der Waals surface area contributed by atoms with Crippen LogP contribution < -0.4 is 40.7 Å². The normalized spacial score (nSPS) is 19.8. The first-order valence-electron chi connectivity index (χ1n) is 23.4. The van der Waals surface area contributed by atoms with E-state index in [9.17, 15) is 24.0 Å². The molecule has 0 aliphatic carbocycles. The van der Waals surface area contributed by atoms with Crippen LogP contribution in [0.4, 0.5) is 40.1 Å². The standard InChI is InChI=1S/C50H52N12O6/c1-29(31-3-5-34(6-4-31)55-50-53-24-32-15-17-60(28-40(32)56-50)42-25-52-47-44(30(42)2)51-16-22-68-47)45(64)54-33-7-9-35(10-8-33)58-18-20-59(21-19-58)37-26-61(27-37)36-11-12-38-39(23-36)49(67)62(48(38)66)41-13-14-43(63)57-46(41)65/h3-12,23-25,29,37,41,51H,13-22,26-28H2,1-2H3,(H,54,64)(H,53,55,56)(H,57,63,65)/t29-,41?/m0/s1. The van der Waals surface area contributed by atoms with Crippen molar-refractivity contribution in [3.05, 3.63) is 113 Å². The first-order chi connectivity index (χ1) is 33.0. The van der Waals surface area contributed by atoms with E-state index in [-0.39, 0.29) is 30.2 Å². The smallest absolute Gasteiger partial charge is 0.262 e. The van der Waals surface area contributed by atoms with Gasteiger partial charge in [-0.3, -0.25) is 39.1 Å². The third kappa shape index (κ3) is 8.07. The van der Waals surface area contributed by atoms with E-state index in [4.69, 9.17) is 9.72 Å². The number of hydrogen-bond donors (Lipinski definition) is 4. The molecule has 8 heterocycles. The van der Waals surface area contributed by atoms with Crippen molar-refractivity contribution in [3.63, 3.8) is 0 Å². The van der Waals surface area contributed by atoms with Gasteiger partial charge in [0.05, 0.1) is 41.2 Å². The van der Waals surface area contributed by atoms with E-state index in [2.05, 4.69) is 69.9 Å². The van der Waals surface area contributed by atoms with Crippen molar-refractivity contribution in [1.82, 2.24) is 30.1 Å². The fourth-order valence-corrected chi connectivity index (χ4v) is 10.1. The second kappa shape index (κ2) is 17.6. The van der Waals surface area contributed by atoms with Crippen LogP contribution in [0.1, 0.15) is 68.8 Å². The van der Waals surface area contributed by atoms with E-state index in [1.54, 1.807) is 12.1 Å². The summed E-state index contributed by atoms with van der Waals surface area (Å²) in [5.41, 5.74) is 10.3. The molecule has 0 spiro atoms. The van der Waals surface area contributed by atoms with Gasteiger partial charge in [-0.1, -0.05) is 12.1 Å². The molecular weight excluding hydrogens is 865 g/mol. The molecule has 18 heteroatoms. The minimum Gasteiger partial charge on any atom is -0.474 e. The lowest BCUT2D eigenvalue weighted by Gasteiger charge is -2.49. The minimum absolute atomic E-state index is 0.0857. The summed E-state index contributed by atoms with van der Waals surface area (Å²) in [4.78, 5) is 88.4. The predicted molar refractivity (Wildman–Crippen MR) is 256 cm³/mol. The molecule has 1 unspecified atom stereocenters. The highest BCUT2D eigenvalue weighted by Crippen LogP contribution is 2.37. The number of anilines is 7. The van der Waals surface area contributed by atoms with Crippen molar-refractivity contribution < 1.29 is 28.7 Å². The number of piperazine rings is 1. The predicted octanol–water partition coefficient (Wildman–Crippen LogP) is 4.44. The van der Waals surface area contributed by atoms with E-state index < -0.39 is 29.7 Å². The van der Waals surface area contributed by atoms with E-state index in [0.29, 0.717) is 36.6 Å². The quantitative estimate of drug-likeness (QED) is 0.143. The molecule has 11 rings (SSSR count). The molecule has 2 atom stereocenters. The van der Waals surface area contributed by atoms with Gasteiger partial charge in [0.25, 0.3) is 11.8 Å². The van der Waals surface area contributed by atoms with Gasteiger partial charge in [0.1, 0.15) is 18.3 Å². The third-order valence-corrected chi connectivity index (χ3v) is 14.2. The Morgan fingerprint density at radius 3 is 2.34 bits per heavy atom. The van der Waals surface area contributed by atoms with Gasteiger partial charge >= 0.3 is 0 Å². The van der Waals surface area contributed by atoms with Gasteiger partial charge in [-0.25, -0.2) is 15.0 Å². The van der Waals surface area contributed by atoms with Crippen LogP contribution in [0.2, 0.25) is 0 Å². The van der Waals surface area contributed by atoms with Crippen LogP contribution in [-0.2, 0) is 27.3 Å². The Hall–Kier alpha value is -7.60. The summed E-state index contributed by atoms with van der Waals surface area (Å²) in [5, 5.41) is 12.1. The van der Waals surface area contributed by atoms with E-state index in [0.717, 1.165) is 120 Å². The first kappa shape index (κ1) is 43.0. The topological polar surface area (TPSA) is 198 Å². The molecule has 68 heavy (non-hydrogen) atoms. The zero-order chi connectivity index (χ0) is 46.6. The molecule has 348 valence electrons. The number of aromatic nitrogens is 3. The van der Waals surface area contributed by atoms with Gasteiger partial charge in [-0.05, 0) is 92.4 Å². The van der Waals surface area contributed by atoms with Gasteiger partial charge in [0, 0.05) is 99.3 Å². The number of benzene rings is 3. The molecule has 3 saturated heterocycles. The fourth-order valence-electron chi connectivity index (χ4n) is 10.1. The summed E-state index contributed by atoms with van der Waals surface area (Å²) < 4.78 is 5.73. The van der Waals surface area contributed by atoms with Crippen molar-refractivity contribution >= 4 is 69.6 Å². The lowest BCUT2D eigenvalue weighted by atomic mass is 10.00. The number of ether oxygens (including phenoxy) is 1. The molecule has 18 nitrogen and oxygen atoms in total. The highest BCUT2D eigenvalue weighted by Gasteiger charge is 2.45. The number of carbonyl (C=O) groups excluding carboxylic acids is 5. The zero-order valence-corrected chi connectivity index (χ0v) is 38.0. The number of hydrogen-bond acceptors (Lipinski definition) is 15. The van der Waals surface area contributed by atoms with Crippen molar-refractivity contribution in [2.45, 2.75) is 57.7 Å².